The van der Waals surface area contributed by atoms with Crippen molar-refractivity contribution in [2.75, 3.05) is 30.5 Å². The summed E-state index contributed by atoms with van der Waals surface area (Å²) in [6, 6.07) is -0.934. The molecule has 2 fully saturated rings. The number of amides is 6. The minimum absolute atomic E-state index is 0.0817. The topological polar surface area (TPSA) is 249 Å². The fourth-order valence-electron chi connectivity index (χ4n) is 7.01. The minimum Gasteiger partial charge on any atom is -0.394 e. The maximum atomic E-state index is 13.9. The van der Waals surface area contributed by atoms with E-state index in [-0.39, 0.29) is 24.2 Å². The molecular formula is C40H54F6N6O11. The summed E-state index contributed by atoms with van der Waals surface area (Å²) < 4.78 is 98.2. The van der Waals surface area contributed by atoms with E-state index >= 15 is 0 Å². The van der Waals surface area contributed by atoms with E-state index in [9.17, 15) is 65.9 Å². The number of anilines is 2. The molecule has 4 rings (SSSR count). The van der Waals surface area contributed by atoms with Gasteiger partial charge in [0.25, 0.3) is 0 Å². The summed E-state index contributed by atoms with van der Waals surface area (Å²) in [6.07, 6.45) is -15.3. The van der Waals surface area contributed by atoms with Gasteiger partial charge in [-0.1, -0.05) is 51.7 Å². The van der Waals surface area contributed by atoms with Crippen LogP contribution in [-0.2, 0) is 36.2 Å². The highest BCUT2D eigenvalue weighted by Gasteiger charge is 2.51. The Morgan fingerprint density at radius 3 is 1.87 bits per heavy atom. The van der Waals surface area contributed by atoms with Crippen molar-refractivity contribution in [3.63, 3.8) is 0 Å². The monoisotopic (exact) mass is 908 g/mol. The number of benzene rings is 2. The molecule has 23 heteroatoms. The van der Waals surface area contributed by atoms with E-state index in [4.69, 9.17) is 14.2 Å². The number of rotatable bonds is 18. The molecule has 0 aliphatic carbocycles. The highest BCUT2D eigenvalue weighted by atomic mass is 19.4. The fourth-order valence-corrected chi connectivity index (χ4v) is 7.01. The van der Waals surface area contributed by atoms with Crippen LogP contribution in [0, 0.1) is 0 Å². The average Bonchev–Trinajstić information content (AvgIpc) is 3.22. The zero-order valence-electron chi connectivity index (χ0n) is 34.4. The molecule has 2 saturated heterocycles. The number of carbonyl (C=O) groups excluding carboxylic acids is 4. The lowest BCUT2D eigenvalue weighted by molar-refractivity contribution is -0.293. The summed E-state index contributed by atoms with van der Waals surface area (Å²) >= 11 is 0. The van der Waals surface area contributed by atoms with Gasteiger partial charge in [0.2, 0.25) is 11.8 Å². The Hall–Kier alpha value is -4.78. The number of ether oxygens (including phenoxy) is 3. The smallest absolute Gasteiger partial charge is 0.394 e. The first-order valence-electron chi connectivity index (χ1n) is 20.4. The molecule has 0 saturated carbocycles. The molecule has 0 spiro atoms. The quantitative estimate of drug-likeness (QED) is 0.0768. The molecule has 4 unspecified atom stereocenters. The van der Waals surface area contributed by atoms with Gasteiger partial charge in [0.05, 0.1) is 43.0 Å². The highest BCUT2D eigenvalue weighted by Crippen LogP contribution is 2.33. The second-order valence-corrected chi connectivity index (χ2v) is 15.1. The van der Waals surface area contributed by atoms with Gasteiger partial charge in [0.15, 0.2) is 6.29 Å². The lowest BCUT2D eigenvalue weighted by Gasteiger charge is -2.47. The highest BCUT2D eigenvalue weighted by molar-refractivity contribution is 5.90. The molecule has 17 nitrogen and oxygen atoms in total. The first kappa shape index (κ1) is 50.9. The maximum Gasteiger partial charge on any atom is 0.416 e. The fraction of sp³-hybridized carbons (Fsp3) is 0.600. The van der Waals surface area contributed by atoms with Gasteiger partial charge in [-0.15, -0.1) is 0 Å². The van der Waals surface area contributed by atoms with Gasteiger partial charge in [-0.25, -0.2) is 9.59 Å². The number of urea groups is 2. The van der Waals surface area contributed by atoms with Gasteiger partial charge >= 0.3 is 24.4 Å². The number of halogens is 6. The van der Waals surface area contributed by atoms with Crippen molar-refractivity contribution in [3.8, 4) is 0 Å². The van der Waals surface area contributed by atoms with Gasteiger partial charge in [0.1, 0.15) is 42.6 Å². The molecule has 6 amide bonds. The molecule has 352 valence electrons. The summed E-state index contributed by atoms with van der Waals surface area (Å²) in [4.78, 5) is 53.3. The number of aliphatic hydroxyl groups is 4. The van der Waals surface area contributed by atoms with Crippen molar-refractivity contribution in [3.05, 3.63) is 59.7 Å². The van der Waals surface area contributed by atoms with Crippen LogP contribution in [0.15, 0.2) is 48.5 Å². The third kappa shape index (κ3) is 14.6. The number of carbonyl (C=O) groups is 4. The largest absolute Gasteiger partial charge is 0.416 e. The summed E-state index contributed by atoms with van der Waals surface area (Å²) in [5.74, 6) is -1.21. The van der Waals surface area contributed by atoms with Crippen LogP contribution in [0.1, 0.15) is 69.9 Å². The van der Waals surface area contributed by atoms with Crippen molar-refractivity contribution < 1.29 is 80.2 Å². The van der Waals surface area contributed by atoms with Crippen LogP contribution in [0.25, 0.3) is 0 Å². The second-order valence-electron chi connectivity index (χ2n) is 15.1. The van der Waals surface area contributed by atoms with Gasteiger partial charge < -0.3 is 66.5 Å². The standard InChI is InChI=1S/C40H54F6N6O11/c1-3-5-6-7-8-15-29(55)49-25(4-2)35(58)51-30-27(18-53)61-20-26(50-37(59)47-23-13-9-11-21(16-23)39(41,42)43)34(30)63-36-31(33(57)32(56)28(19-54)62-36)52-38(60)48-24-14-10-12-22(17-24)40(44,45)46/h9-14,16-17,25-28,30-34,36,53-54,56-57H,3-8,15,18-20H2,1-2H3,(H,49,55)(H,51,58)(H2,47,50,59)(H2,48,52,60)/t25-,26?,27?,28?,30-,31?,32+,33+,34+,36-/m0/s1. The zero-order chi connectivity index (χ0) is 46.5. The van der Waals surface area contributed by atoms with E-state index in [0.29, 0.717) is 18.6 Å². The predicted molar refractivity (Wildman–Crippen MR) is 212 cm³/mol. The van der Waals surface area contributed by atoms with Crippen LogP contribution >= 0.6 is 0 Å². The molecule has 2 aliphatic rings. The number of alkyl halides is 6. The Morgan fingerprint density at radius 2 is 1.33 bits per heavy atom. The van der Waals surface area contributed by atoms with Gasteiger partial charge in [-0.05, 0) is 49.2 Å². The Balaban J connectivity index is 1.65. The number of nitrogens with one attached hydrogen (secondary N) is 6. The first-order valence-corrected chi connectivity index (χ1v) is 20.4. The Labute approximate surface area is 358 Å². The van der Waals surface area contributed by atoms with E-state index in [0.717, 1.165) is 56.0 Å². The van der Waals surface area contributed by atoms with Crippen molar-refractivity contribution in [1.29, 1.82) is 0 Å². The van der Waals surface area contributed by atoms with Crippen LogP contribution in [0.2, 0.25) is 0 Å². The predicted octanol–water partition coefficient (Wildman–Crippen LogP) is 3.36. The summed E-state index contributed by atoms with van der Waals surface area (Å²) in [5, 5.41) is 57.0. The molecule has 2 aliphatic heterocycles. The number of unbranched alkanes of at least 4 members (excludes halogenated alkanes) is 4. The number of hydrogen-bond acceptors (Lipinski definition) is 11. The molecule has 2 aromatic carbocycles. The second kappa shape index (κ2) is 23.2. The third-order valence-electron chi connectivity index (χ3n) is 10.4. The molecule has 0 aromatic heterocycles. The molecule has 0 bridgehead atoms. The molecule has 10 N–H and O–H groups in total. The average molecular weight is 909 g/mol. The van der Waals surface area contributed by atoms with Gasteiger partial charge in [0, 0.05) is 17.8 Å². The molecule has 10 atom stereocenters. The number of hydrogen-bond donors (Lipinski definition) is 10. The molecule has 2 heterocycles. The van der Waals surface area contributed by atoms with E-state index in [1.54, 1.807) is 6.92 Å². The van der Waals surface area contributed by atoms with E-state index in [2.05, 4.69) is 31.9 Å². The summed E-state index contributed by atoms with van der Waals surface area (Å²) in [5.41, 5.74) is -2.79. The van der Waals surface area contributed by atoms with Gasteiger partial charge in [-0.3, -0.25) is 9.59 Å². The van der Waals surface area contributed by atoms with Crippen LogP contribution in [-0.4, -0.2) is 125 Å². The van der Waals surface area contributed by atoms with Crippen molar-refractivity contribution in [2.45, 2.75) is 132 Å². The van der Waals surface area contributed by atoms with Crippen LogP contribution < -0.4 is 31.9 Å². The molecule has 0 radical (unpaired) electrons. The lowest BCUT2D eigenvalue weighted by Crippen LogP contribution is -2.71. The van der Waals surface area contributed by atoms with Crippen molar-refractivity contribution in [1.82, 2.24) is 21.3 Å². The molecular weight excluding hydrogens is 854 g/mol. The van der Waals surface area contributed by atoms with Crippen molar-refractivity contribution in [2.24, 2.45) is 0 Å². The Kier molecular flexibility index (Phi) is 18.8. The SMILES string of the molecule is CCCCCCCC(=O)N[C@@H](CC)C(=O)N[C@H]1C(CO)OCC(NC(=O)Nc2cccc(C(F)(F)F)c2)[C@H]1O[C@@H]1OC(CO)[C@@H](O)[C@H](O)C1NC(=O)Nc1cccc(C(F)(F)F)c1. The Bertz CT molecular complexity index is 1830. The van der Waals surface area contributed by atoms with Crippen LogP contribution in [0.5, 0.6) is 0 Å². The lowest BCUT2D eigenvalue weighted by atomic mass is 9.93. The maximum absolute atomic E-state index is 13.9. The normalized spacial score (nSPS) is 25.6. The van der Waals surface area contributed by atoms with Gasteiger partial charge in [-0.2, -0.15) is 26.3 Å². The summed E-state index contributed by atoms with van der Waals surface area (Å²) in [7, 11) is 0. The summed E-state index contributed by atoms with van der Waals surface area (Å²) in [6.45, 7) is 1.44. The van der Waals surface area contributed by atoms with Crippen LogP contribution in [0.4, 0.5) is 47.3 Å². The first-order chi connectivity index (χ1) is 29.8. The third-order valence-corrected chi connectivity index (χ3v) is 10.4. The minimum atomic E-state index is -4.77. The van der Waals surface area contributed by atoms with Crippen molar-refractivity contribution >= 4 is 35.3 Å². The van der Waals surface area contributed by atoms with Crippen LogP contribution in [0.3, 0.4) is 0 Å². The van der Waals surface area contributed by atoms with E-state index < -0.39 is 128 Å². The molecule has 63 heavy (non-hydrogen) atoms. The van der Waals surface area contributed by atoms with E-state index in [1.807, 2.05) is 6.92 Å². The zero-order valence-corrected chi connectivity index (χ0v) is 34.4. The number of aliphatic hydroxyl groups excluding tert-OH is 4. The Morgan fingerprint density at radius 1 is 0.762 bits per heavy atom. The molecule has 2 aromatic rings. The van der Waals surface area contributed by atoms with E-state index in [1.165, 1.54) is 6.07 Å².